The van der Waals surface area contributed by atoms with E-state index < -0.39 is 16.1 Å². The van der Waals surface area contributed by atoms with Crippen LogP contribution in [0.25, 0.3) is 0 Å². The van der Waals surface area contributed by atoms with E-state index in [4.69, 9.17) is 0 Å². The van der Waals surface area contributed by atoms with E-state index in [2.05, 4.69) is 0 Å². The van der Waals surface area contributed by atoms with Crippen LogP contribution in [0.2, 0.25) is 0 Å². The molecule has 0 bridgehead atoms. The zero-order valence-corrected chi connectivity index (χ0v) is 4.72. The van der Waals surface area contributed by atoms with Crippen LogP contribution < -0.4 is 0 Å². The Morgan fingerprint density at radius 1 is 0.778 bits per heavy atom. The molecule has 0 amide bonds. The maximum atomic E-state index is 9.83. The van der Waals surface area contributed by atoms with Crippen LogP contribution in [0.3, 0.4) is 0 Å². The predicted octanol–water partition coefficient (Wildman–Crippen LogP) is 2.48. The minimum atomic E-state index is -6.61. The van der Waals surface area contributed by atoms with Gasteiger partial charge in [0.15, 0.2) is 0 Å². The molecule has 0 N–H and O–H groups in total. The van der Waals surface area contributed by atoms with E-state index in [-0.39, 0.29) is 0 Å². The van der Waals surface area contributed by atoms with Crippen molar-refractivity contribution in [1.29, 1.82) is 0 Å². The molecule has 0 radical (unpaired) electrons. The van der Waals surface area contributed by atoms with Gasteiger partial charge in [-0.15, -0.1) is 0 Å². The summed E-state index contributed by atoms with van der Waals surface area (Å²) in [6, 6.07) is 0. The quantitative estimate of drug-likeness (QED) is 0.300. The number of hydrogen-bond donors (Lipinski definition) is 0. The van der Waals surface area contributed by atoms with Crippen LogP contribution in [0.5, 0.6) is 0 Å². The minimum absolute atomic E-state index is 3.67. The van der Waals surface area contributed by atoms with Gasteiger partial charge in [-0.2, -0.15) is 13.2 Å². The Labute approximate surface area is 47.0 Å². The summed E-state index contributed by atoms with van der Waals surface area (Å²) in [6.45, 7) is -3.67. The third-order valence-corrected chi connectivity index (χ3v) is 0. The molecule has 0 aromatic heterocycles. The molecule has 0 aromatic rings. The van der Waals surface area contributed by atoms with Crippen LogP contribution in [0, 0.1) is 0 Å². The highest BCUT2D eigenvalue weighted by molar-refractivity contribution is 6.50. The van der Waals surface area contributed by atoms with Gasteiger partial charge in [-0.3, -0.25) is 0 Å². The summed E-state index contributed by atoms with van der Waals surface area (Å²) in [4.78, 5) is 0. The van der Waals surface area contributed by atoms with Gasteiger partial charge in [0.2, 0.25) is 0 Å². The largest absolute Gasteiger partial charge is 0.844 e. The fourth-order valence-corrected chi connectivity index (χ4v) is 0. The summed E-state index contributed by atoms with van der Waals surface area (Å²) in [6.07, 6.45) is 0. The Balaban J connectivity index is 0. The molecule has 9 heavy (non-hydrogen) atoms. The normalized spacial score (nSPS) is 10.7. The van der Waals surface area contributed by atoms with Crippen LogP contribution in [0.4, 0.5) is 29.6 Å². The lowest BCUT2D eigenvalue weighted by atomic mass is 11.6. The summed E-state index contributed by atoms with van der Waals surface area (Å²) >= 11 is 0. The van der Waals surface area contributed by atoms with Gasteiger partial charge in [-0.05, 0) is 0 Å². The Kier molecular flexibility index (Phi) is 5.87. The minimum Gasteiger partial charge on any atom is -0.211 e. The van der Waals surface area contributed by atoms with Gasteiger partial charge in [-0.25, -0.2) is 16.4 Å². The maximum absolute atomic E-state index is 9.83. The highest BCUT2D eigenvalue weighted by atomic mass is 28.5. The molecule has 58 valence electrons. The maximum Gasteiger partial charge on any atom is 0.844 e. The second-order valence-corrected chi connectivity index (χ2v) is 1.53. The topological polar surface area (TPSA) is 0 Å². The number of alkyl halides is 3. The molecule has 0 heterocycles. The van der Waals surface area contributed by atoms with Crippen molar-refractivity contribution < 1.29 is 29.6 Å². The van der Waals surface area contributed by atoms with Gasteiger partial charge < -0.3 is 0 Å². The van der Waals surface area contributed by atoms with E-state index in [0.29, 0.717) is 0 Å². The molecule has 0 atom stereocenters. The van der Waals surface area contributed by atoms with Gasteiger partial charge in [0.05, 0.1) is 0 Å². The lowest BCUT2D eigenvalue weighted by Gasteiger charge is -1.75. The first-order valence-corrected chi connectivity index (χ1v) is 2.92. The molecule has 0 nitrogen and oxygen atoms in total. The van der Waals surface area contributed by atoms with Crippen LogP contribution in [-0.2, 0) is 0 Å². The van der Waals surface area contributed by atoms with Crippen LogP contribution in [0.1, 0.15) is 0 Å². The van der Waals surface area contributed by atoms with Gasteiger partial charge in [0.1, 0.15) is 0 Å². The average Bonchev–Trinajstić information content (AvgIpc) is 1.19. The van der Waals surface area contributed by atoms with Gasteiger partial charge in [0.25, 0.3) is 0 Å². The highest BCUT2D eigenvalue weighted by Crippen LogP contribution is 2.06. The number of hydrogen-bond acceptors (Lipinski definition) is 0. The molecular weight excluding hydrogens is 173 g/mol. The van der Waals surface area contributed by atoms with E-state index in [1.165, 1.54) is 0 Å². The monoisotopic (exact) mass is 174 g/mol. The zero-order chi connectivity index (χ0) is 8.08. The van der Waals surface area contributed by atoms with Crippen molar-refractivity contribution in [3.05, 3.63) is 0 Å². The molecular formula is CHF7Si. The summed E-state index contributed by atoms with van der Waals surface area (Å²) in [5, 5.41) is 0. The molecule has 0 aromatic carbocycles. The Morgan fingerprint density at radius 2 is 0.778 bits per heavy atom. The SMILES string of the molecule is FC(F)F.F[Si](F)(F)F. The van der Waals surface area contributed by atoms with Crippen molar-refractivity contribution in [3.63, 3.8) is 0 Å². The first-order chi connectivity index (χ1) is 3.73. The molecule has 0 fully saturated rings. The van der Waals surface area contributed by atoms with Crippen molar-refractivity contribution in [2.24, 2.45) is 0 Å². The Morgan fingerprint density at radius 3 is 0.778 bits per heavy atom. The molecule has 8 heteroatoms. The first kappa shape index (κ1) is 11.5. The zero-order valence-electron chi connectivity index (χ0n) is 3.72. The summed E-state index contributed by atoms with van der Waals surface area (Å²) in [5.41, 5.74) is 0. The molecule has 0 aliphatic rings. The molecule has 0 spiro atoms. The molecule has 0 aliphatic carbocycles. The van der Waals surface area contributed by atoms with Gasteiger partial charge >= 0.3 is 16.1 Å². The Hall–Kier alpha value is -0.273. The van der Waals surface area contributed by atoms with Crippen molar-refractivity contribution >= 4 is 9.41 Å². The lowest BCUT2D eigenvalue weighted by molar-refractivity contribution is 0.00819. The third-order valence-electron chi connectivity index (χ3n) is 0. The standard InChI is InChI=1S/CHF3.F4Si/c2-1(3)4;1-5(2,3)4/h1H;. The summed E-state index contributed by atoms with van der Waals surface area (Å²) in [7, 11) is -6.61. The predicted molar refractivity (Wildman–Crippen MR) is 17.3 cm³/mol. The van der Waals surface area contributed by atoms with E-state index in [0.717, 1.165) is 0 Å². The van der Waals surface area contributed by atoms with Crippen molar-refractivity contribution in [2.75, 3.05) is 0 Å². The average molecular weight is 174 g/mol. The second-order valence-electron chi connectivity index (χ2n) is 0.676. The highest BCUT2D eigenvalue weighted by Gasteiger charge is 2.39. The molecule has 0 saturated heterocycles. The van der Waals surface area contributed by atoms with E-state index in [1.54, 1.807) is 0 Å². The van der Waals surface area contributed by atoms with Crippen LogP contribution >= 0.6 is 0 Å². The van der Waals surface area contributed by atoms with E-state index in [9.17, 15) is 29.6 Å². The van der Waals surface area contributed by atoms with Crippen molar-refractivity contribution in [3.8, 4) is 0 Å². The van der Waals surface area contributed by atoms with Crippen LogP contribution in [-0.4, -0.2) is 16.1 Å². The molecule has 0 unspecified atom stereocenters. The first-order valence-electron chi connectivity index (χ1n) is 1.41. The van der Waals surface area contributed by atoms with Crippen LogP contribution in [0.15, 0.2) is 0 Å². The van der Waals surface area contributed by atoms with Gasteiger partial charge in [-0.1, -0.05) is 0 Å². The number of halogens is 7. The summed E-state index contributed by atoms with van der Waals surface area (Å²) < 4.78 is 68.3. The van der Waals surface area contributed by atoms with E-state index in [1.807, 2.05) is 0 Å². The molecule has 0 aliphatic heterocycles. The Bertz CT molecular complexity index is 45.7. The van der Waals surface area contributed by atoms with E-state index >= 15 is 0 Å². The second kappa shape index (κ2) is 4.59. The van der Waals surface area contributed by atoms with Gasteiger partial charge in [0, 0.05) is 0 Å². The fourth-order valence-electron chi connectivity index (χ4n) is 0. The number of rotatable bonds is 0. The smallest absolute Gasteiger partial charge is 0.211 e. The van der Waals surface area contributed by atoms with Crippen molar-refractivity contribution in [2.45, 2.75) is 6.68 Å². The van der Waals surface area contributed by atoms with Crippen molar-refractivity contribution in [1.82, 2.24) is 0 Å². The molecule has 0 saturated carbocycles. The third kappa shape index (κ3) is 3400. The lowest BCUT2D eigenvalue weighted by Crippen LogP contribution is -2.02. The fraction of sp³-hybridized carbons (Fsp3) is 1.00. The molecule has 0 rings (SSSR count). The summed E-state index contributed by atoms with van der Waals surface area (Å²) in [5.74, 6) is 0.